The van der Waals surface area contributed by atoms with E-state index in [4.69, 9.17) is 4.98 Å². The van der Waals surface area contributed by atoms with E-state index in [1.807, 2.05) is 0 Å². The summed E-state index contributed by atoms with van der Waals surface area (Å²) in [5, 5.41) is 4.99. The van der Waals surface area contributed by atoms with Gasteiger partial charge in [-0.2, -0.15) is 0 Å². The lowest BCUT2D eigenvalue weighted by atomic mass is 9.90. The van der Waals surface area contributed by atoms with Gasteiger partial charge in [0.05, 0.1) is 27.9 Å². The smallest absolute Gasteiger partial charge is 0.0872 e. The van der Waals surface area contributed by atoms with E-state index in [-0.39, 0.29) is 0 Å². The highest BCUT2D eigenvalue weighted by Gasteiger charge is 2.26. The number of rotatable bonds is 7. The lowest BCUT2D eigenvalue weighted by Crippen LogP contribution is -1.94. The molecule has 0 radical (unpaired) electrons. The highest BCUT2D eigenvalue weighted by molar-refractivity contribution is 6.29. The molecule has 6 aromatic heterocycles. The van der Waals surface area contributed by atoms with Crippen LogP contribution in [0.25, 0.3) is 122 Å². The first kappa shape index (κ1) is 40.0. The fraction of sp³-hybridized carbons (Fsp3) is 0.183. The summed E-state index contributed by atoms with van der Waals surface area (Å²) in [6, 6.07) is 40.4. The molecule has 8 bridgehead atoms. The van der Waals surface area contributed by atoms with E-state index in [2.05, 4.69) is 195 Å². The molecule has 6 nitrogen and oxygen atoms in total. The van der Waals surface area contributed by atoms with Gasteiger partial charge < -0.3 is 24.9 Å². The zero-order valence-electron chi connectivity index (χ0n) is 38.8. The Morgan fingerprint density at radius 2 is 0.848 bits per heavy atom. The molecule has 324 valence electrons. The molecule has 12 rings (SSSR count). The van der Waals surface area contributed by atoms with Crippen LogP contribution in [0.3, 0.4) is 0 Å². The monoisotopic (exact) mass is 858 g/mol. The van der Waals surface area contributed by atoms with Gasteiger partial charge in [0.15, 0.2) is 0 Å². The minimum absolute atomic E-state index is 0.913. The van der Waals surface area contributed by atoms with Gasteiger partial charge in [0.1, 0.15) is 0 Å². The van der Waals surface area contributed by atoms with Gasteiger partial charge in [-0.3, -0.25) is 0 Å². The number of H-pyrrole nitrogens is 5. The van der Waals surface area contributed by atoms with Crippen LogP contribution in [-0.2, 0) is 6.42 Å². The Hall–Kier alpha value is -7.57. The summed E-state index contributed by atoms with van der Waals surface area (Å²) in [6.45, 7) is 15.6. The fourth-order valence-electron chi connectivity index (χ4n) is 11.7. The third kappa shape index (κ3) is 6.18. The lowest BCUT2D eigenvalue weighted by Gasteiger charge is -2.14. The second kappa shape index (κ2) is 15.3. The second-order valence-corrected chi connectivity index (χ2v) is 18.9. The standard InChI is InChI=1S/C60H54N6/c1-8-9-10-17-40-53-38-15-11-13-18-41(38)66-60(53)58(54-39-16-12-14-19-42(39)65-59(40)54)57-49-26-24-47(63-49)55(51-34(4)28-32(2)29-35(51)5)45-22-20-43(61-45)44-21-23-46(62-44)56(48-25-27-50(57)64-48)52-36(6)30-33(3)31-37(52)7/h11-16,18-31,61,63-66H,8-10,17H2,1-7H3. The van der Waals surface area contributed by atoms with Crippen LogP contribution in [0.15, 0.2) is 109 Å². The van der Waals surface area contributed by atoms with Crippen molar-refractivity contribution >= 4 is 88.9 Å². The summed E-state index contributed by atoms with van der Waals surface area (Å²) in [5.74, 6) is 0. The SMILES string of the molecule is CCCCCc1c2[nH]c3ccccc3c2c(-c2c3ccc([nH]3)c(-c3c(C)cc(C)cc3C)c3nc(c4ccc([nH]4)c(-c4c(C)cc(C)cc4C)c4ccc2[nH]4)C=C3)c2[nH]c3ccccc3c12. The number of aryl methyl sites for hydroxylation is 7. The first-order chi connectivity index (χ1) is 32.1. The van der Waals surface area contributed by atoms with Crippen LogP contribution in [0.2, 0.25) is 0 Å². The van der Waals surface area contributed by atoms with Gasteiger partial charge in [0.25, 0.3) is 0 Å². The molecule has 0 saturated carbocycles. The van der Waals surface area contributed by atoms with Crippen molar-refractivity contribution in [3.05, 3.63) is 160 Å². The topological polar surface area (TPSA) is 91.8 Å². The predicted molar refractivity (Wildman–Crippen MR) is 282 cm³/mol. The Balaban J connectivity index is 1.33. The molecule has 5 N–H and O–H groups in total. The zero-order valence-corrected chi connectivity index (χ0v) is 38.8. The van der Waals surface area contributed by atoms with Crippen LogP contribution in [-0.4, -0.2) is 29.9 Å². The number of nitrogens with one attached hydrogen (secondary N) is 5. The Labute approximate surface area is 384 Å². The first-order valence-corrected chi connectivity index (χ1v) is 23.6. The summed E-state index contributed by atoms with van der Waals surface area (Å²) in [6.07, 6.45) is 8.81. The second-order valence-electron chi connectivity index (χ2n) is 18.9. The Bertz CT molecular complexity index is 3910. The van der Waals surface area contributed by atoms with Crippen LogP contribution in [0.4, 0.5) is 0 Å². The third-order valence-corrected chi connectivity index (χ3v) is 14.2. The van der Waals surface area contributed by atoms with Gasteiger partial charge in [-0.1, -0.05) is 91.6 Å². The highest BCUT2D eigenvalue weighted by Crippen LogP contribution is 2.48. The number of benzene rings is 5. The van der Waals surface area contributed by atoms with E-state index in [0.717, 1.165) is 90.6 Å². The van der Waals surface area contributed by atoms with Crippen molar-refractivity contribution in [2.24, 2.45) is 0 Å². The maximum atomic E-state index is 5.45. The fourth-order valence-corrected chi connectivity index (χ4v) is 11.7. The Morgan fingerprint density at radius 1 is 0.394 bits per heavy atom. The average Bonchev–Trinajstić information content (AvgIpc) is 4.16. The number of hydrogen-bond donors (Lipinski definition) is 5. The Kier molecular flexibility index (Phi) is 9.25. The maximum Gasteiger partial charge on any atom is 0.0872 e. The summed E-state index contributed by atoms with van der Waals surface area (Å²) in [7, 11) is 0. The summed E-state index contributed by atoms with van der Waals surface area (Å²) >= 11 is 0. The molecule has 7 heterocycles. The molecule has 0 aliphatic carbocycles. The number of para-hydroxylation sites is 2. The number of fused-ring (bicyclic) bond motifs is 15. The van der Waals surface area contributed by atoms with Gasteiger partial charge in [0, 0.05) is 82.4 Å². The van der Waals surface area contributed by atoms with Gasteiger partial charge in [-0.05, 0) is 154 Å². The molecular formula is C60H54N6. The quantitative estimate of drug-likeness (QED) is 0.102. The van der Waals surface area contributed by atoms with Gasteiger partial charge in [0.2, 0.25) is 0 Å². The highest BCUT2D eigenvalue weighted by atomic mass is 14.8. The van der Waals surface area contributed by atoms with Crippen molar-refractivity contribution in [3.63, 3.8) is 0 Å². The molecular weight excluding hydrogens is 805 g/mol. The van der Waals surface area contributed by atoms with Gasteiger partial charge >= 0.3 is 0 Å². The largest absolute Gasteiger partial charge is 0.354 e. The summed E-state index contributed by atoms with van der Waals surface area (Å²) in [4.78, 5) is 25.6. The molecule has 0 saturated heterocycles. The third-order valence-electron chi connectivity index (χ3n) is 14.2. The van der Waals surface area contributed by atoms with Crippen molar-refractivity contribution in [2.75, 3.05) is 0 Å². The van der Waals surface area contributed by atoms with Gasteiger partial charge in [-0.15, -0.1) is 0 Å². The van der Waals surface area contributed by atoms with E-state index in [1.165, 1.54) is 95.5 Å². The van der Waals surface area contributed by atoms with Crippen LogP contribution in [0.5, 0.6) is 0 Å². The van der Waals surface area contributed by atoms with E-state index in [0.29, 0.717) is 0 Å². The Morgan fingerprint density at radius 3 is 1.42 bits per heavy atom. The molecule has 0 fully saturated rings. The minimum atomic E-state index is 0.913. The summed E-state index contributed by atoms with van der Waals surface area (Å²) in [5.41, 5.74) is 28.4. The normalized spacial score (nSPS) is 12.3. The summed E-state index contributed by atoms with van der Waals surface area (Å²) < 4.78 is 0. The van der Waals surface area contributed by atoms with Crippen molar-refractivity contribution in [1.82, 2.24) is 29.9 Å². The first-order valence-electron chi connectivity index (χ1n) is 23.6. The predicted octanol–water partition coefficient (Wildman–Crippen LogP) is 16.5. The van der Waals surface area contributed by atoms with Crippen molar-refractivity contribution < 1.29 is 0 Å². The van der Waals surface area contributed by atoms with Crippen LogP contribution in [0.1, 0.15) is 76.5 Å². The van der Waals surface area contributed by atoms with Gasteiger partial charge in [-0.25, -0.2) is 4.98 Å². The van der Waals surface area contributed by atoms with Crippen LogP contribution in [0, 0.1) is 41.5 Å². The van der Waals surface area contributed by atoms with E-state index in [9.17, 15) is 0 Å². The molecule has 0 atom stereocenters. The molecule has 1 aliphatic rings. The molecule has 0 amide bonds. The van der Waals surface area contributed by atoms with Crippen molar-refractivity contribution in [1.29, 1.82) is 0 Å². The molecule has 11 aromatic rings. The van der Waals surface area contributed by atoms with Crippen LogP contribution < -0.4 is 0 Å². The number of hydrogen-bond acceptors (Lipinski definition) is 1. The van der Waals surface area contributed by atoms with Crippen molar-refractivity contribution in [3.8, 4) is 33.4 Å². The lowest BCUT2D eigenvalue weighted by molar-refractivity contribution is 0.721. The number of aromatic amines is 5. The molecule has 5 aromatic carbocycles. The van der Waals surface area contributed by atoms with Crippen molar-refractivity contribution in [2.45, 2.75) is 74.1 Å². The number of aromatic nitrogens is 6. The molecule has 6 heteroatoms. The minimum Gasteiger partial charge on any atom is -0.354 e. The molecule has 0 spiro atoms. The average molecular weight is 859 g/mol. The number of unbranched alkanes of at least 4 members (excludes halogenated alkanes) is 2. The molecule has 1 aliphatic heterocycles. The van der Waals surface area contributed by atoms with Crippen LogP contribution >= 0.6 is 0 Å². The van der Waals surface area contributed by atoms with E-state index >= 15 is 0 Å². The number of nitrogens with zero attached hydrogens (tertiary/aromatic N) is 1. The molecule has 66 heavy (non-hydrogen) atoms. The van der Waals surface area contributed by atoms with E-state index in [1.54, 1.807) is 0 Å². The maximum absolute atomic E-state index is 5.45. The zero-order chi connectivity index (χ0) is 45.0. The molecule has 0 unspecified atom stereocenters. The van der Waals surface area contributed by atoms with E-state index < -0.39 is 0 Å².